The number of hydrogen-bond donors (Lipinski definition) is 0. The Morgan fingerprint density at radius 2 is 2.18 bits per heavy atom. The lowest BCUT2D eigenvalue weighted by molar-refractivity contribution is -0.130. The first kappa shape index (κ1) is 17.5. The largest absolute Gasteiger partial charge is 0.472 e. The minimum Gasteiger partial charge on any atom is -0.472 e. The van der Waals surface area contributed by atoms with E-state index in [1.165, 1.54) is 6.20 Å². The van der Waals surface area contributed by atoms with E-state index in [9.17, 15) is 21.6 Å². The van der Waals surface area contributed by atoms with E-state index in [0.717, 1.165) is 4.31 Å². The van der Waals surface area contributed by atoms with E-state index in [2.05, 4.69) is 20.9 Å². The Kier molecular flexibility index (Phi) is 5.33. The van der Waals surface area contributed by atoms with Gasteiger partial charge in [-0.05, 0) is 34.5 Å². The van der Waals surface area contributed by atoms with Gasteiger partial charge in [-0.1, -0.05) is 0 Å². The van der Waals surface area contributed by atoms with Crippen LogP contribution in [-0.4, -0.2) is 48.8 Å². The first-order chi connectivity index (χ1) is 10.2. The average molecular weight is 403 g/mol. The summed E-state index contributed by atoms with van der Waals surface area (Å²) >= 11 is 3.26. The zero-order chi connectivity index (χ0) is 16.4. The van der Waals surface area contributed by atoms with Crippen LogP contribution >= 0.6 is 15.9 Å². The van der Waals surface area contributed by atoms with Crippen LogP contribution in [0.25, 0.3) is 0 Å². The summed E-state index contributed by atoms with van der Waals surface area (Å²) in [5.41, 5.74) is 0. The summed E-state index contributed by atoms with van der Waals surface area (Å²) in [6, 6.07) is 3.44. The molecule has 1 atom stereocenters. The minimum atomic E-state index is -4.48. The monoisotopic (exact) mass is 402 g/mol. The van der Waals surface area contributed by atoms with Crippen molar-refractivity contribution in [3.63, 3.8) is 0 Å². The number of alkyl halides is 3. The molecule has 1 aliphatic rings. The number of hydrogen-bond acceptors (Lipinski definition) is 4. The van der Waals surface area contributed by atoms with Gasteiger partial charge in [-0.2, -0.15) is 17.5 Å². The molecule has 5 nitrogen and oxygen atoms in total. The lowest BCUT2D eigenvalue weighted by Crippen LogP contribution is -2.34. The SMILES string of the molecule is O=S(=O)(CCC(F)(F)F)N1CCC(Oc2ncccc2Br)C1. The van der Waals surface area contributed by atoms with Crippen LogP contribution in [0.2, 0.25) is 0 Å². The molecule has 1 fully saturated rings. The normalized spacial score (nSPS) is 20.3. The Morgan fingerprint density at radius 1 is 1.45 bits per heavy atom. The van der Waals surface area contributed by atoms with Crippen molar-refractivity contribution in [1.29, 1.82) is 0 Å². The van der Waals surface area contributed by atoms with E-state index < -0.39 is 34.5 Å². The first-order valence-electron chi connectivity index (χ1n) is 6.49. The maximum Gasteiger partial charge on any atom is 0.390 e. The molecule has 2 heterocycles. The predicted octanol–water partition coefficient (Wildman–Crippen LogP) is 2.58. The minimum absolute atomic E-state index is 0.0310. The quantitative estimate of drug-likeness (QED) is 0.759. The van der Waals surface area contributed by atoms with Crippen LogP contribution in [0.1, 0.15) is 12.8 Å². The van der Waals surface area contributed by atoms with Crippen LogP contribution < -0.4 is 4.74 Å². The van der Waals surface area contributed by atoms with Crippen LogP contribution in [0, 0.1) is 0 Å². The Labute approximate surface area is 134 Å². The third-order valence-electron chi connectivity index (χ3n) is 3.15. The van der Waals surface area contributed by atoms with Crippen molar-refractivity contribution >= 4 is 26.0 Å². The lowest BCUT2D eigenvalue weighted by atomic mass is 10.3. The molecular formula is C12H14BrF3N2O3S. The molecule has 1 aliphatic heterocycles. The number of ether oxygens (including phenoxy) is 1. The molecule has 0 aliphatic carbocycles. The number of nitrogens with zero attached hydrogens (tertiary/aromatic N) is 2. The van der Waals surface area contributed by atoms with Gasteiger partial charge in [0.15, 0.2) is 0 Å². The van der Waals surface area contributed by atoms with E-state index in [4.69, 9.17) is 4.74 Å². The fourth-order valence-corrected chi connectivity index (χ4v) is 3.91. The van der Waals surface area contributed by atoms with Gasteiger partial charge < -0.3 is 4.74 Å². The highest BCUT2D eigenvalue weighted by molar-refractivity contribution is 9.10. The van der Waals surface area contributed by atoms with Crippen LogP contribution in [0.3, 0.4) is 0 Å². The summed E-state index contributed by atoms with van der Waals surface area (Å²) in [4.78, 5) is 4.01. The second-order valence-electron chi connectivity index (χ2n) is 4.86. The first-order valence-corrected chi connectivity index (χ1v) is 8.89. The maximum absolute atomic E-state index is 12.2. The Bertz CT molecular complexity index is 624. The van der Waals surface area contributed by atoms with E-state index in [-0.39, 0.29) is 13.1 Å². The molecule has 10 heteroatoms. The van der Waals surface area contributed by atoms with Crippen molar-refractivity contribution in [3.05, 3.63) is 22.8 Å². The maximum atomic E-state index is 12.2. The van der Waals surface area contributed by atoms with E-state index in [0.29, 0.717) is 16.8 Å². The highest BCUT2D eigenvalue weighted by atomic mass is 79.9. The van der Waals surface area contributed by atoms with Gasteiger partial charge in [0.2, 0.25) is 15.9 Å². The standard InChI is InChI=1S/C12H14BrF3N2O3S/c13-10-2-1-5-17-11(10)21-9-3-6-18(8-9)22(19,20)7-4-12(14,15)16/h1-2,5,9H,3-4,6-8H2. The molecule has 124 valence electrons. The Balaban J connectivity index is 1.93. The van der Waals surface area contributed by atoms with Crippen molar-refractivity contribution in [2.24, 2.45) is 0 Å². The fourth-order valence-electron chi connectivity index (χ4n) is 2.04. The third kappa shape index (κ3) is 4.82. The van der Waals surface area contributed by atoms with E-state index in [1.54, 1.807) is 12.1 Å². The fraction of sp³-hybridized carbons (Fsp3) is 0.583. The summed E-state index contributed by atoms with van der Waals surface area (Å²) < 4.78 is 67.5. The number of pyridine rings is 1. The van der Waals surface area contributed by atoms with Gasteiger partial charge in [0.05, 0.1) is 23.2 Å². The second kappa shape index (κ2) is 6.71. The molecule has 0 bridgehead atoms. The van der Waals surface area contributed by atoms with Gasteiger partial charge in [0, 0.05) is 12.7 Å². The molecule has 1 aromatic rings. The molecule has 0 saturated carbocycles. The molecule has 0 radical (unpaired) electrons. The van der Waals surface area contributed by atoms with Gasteiger partial charge in [-0.25, -0.2) is 13.4 Å². The van der Waals surface area contributed by atoms with Gasteiger partial charge in [0.1, 0.15) is 6.10 Å². The smallest absolute Gasteiger partial charge is 0.390 e. The van der Waals surface area contributed by atoms with Crippen LogP contribution in [0.5, 0.6) is 5.88 Å². The lowest BCUT2D eigenvalue weighted by Gasteiger charge is -2.17. The molecule has 1 unspecified atom stereocenters. The predicted molar refractivity (Wildman–Crippen MR) is 77.0 cm³/mol. The zero-order valence-electron chi connectivity index (χ0n) is 11.4. The van der Waals surface area contributed by atoms with Crippen LogP contribution in [0.4, 0.5) is 13.2 Å². The molecule has 22 heavy (non-hydrogen) atoms. The van der Waals surface area contributed by atoms with Crippen molar-refractivity contribution in [2.45, 2.75) is 25.1 Å². The summed E-state index contributed by atoms with van der Waals surface area (Å²) in [5, 5.41) is 0. The number of aromatic nitrogens is 1. The molecular weight excluding hydrogens is 389 g/mol. The van der Waals surface area contributed by atoms with Crippen molar-refractivity contribution in [1.82, 2.24) is 9.29 Å². The number of rotatable bonds is 5. The summed E-state index contributed by atoms with van der Waals surface area (Å²) in [7, 11) is -3.93. The van der Waals surface area contributed by atoms with Gasteiger partial charge in [-0.15, -0.1) is 0 Å². The Morgan fingerprint density at radius 3 is 2.82 bits per heavy atom. The van der Waals surface area contributed by atoms with Crippen LogP contribution in [0.15, 0.2) is 22.8 Å². The Hall–Kier alpha value is -0.870. The highest BCUT2D eigenvalue weighted by Gasteiger charge is 2.36. The number of sulfonamides is 1. The molecule has 0 aromatic carbocycles. The molecule has 1 aromatic heterocycles. The highest BCUT2D eigenvalue weighted by Crippen LogP contribution is 2.26. The third-order valence-corrected chi connectivity index (χ3v) is 5.59. The second-order valence-corrected chi connectivity index (χ2v) is 7.80. The van der Waals surface area contributed by atoms with E-state index >= 15 is 0 Å². The van der Waals surface area contributed by atoms with Crippen molar-refractivity contribution in [3.8, 4) is 5.88 Å². The van der Waals surface area contributed by atoms with Gasteiger partial charge in [-0.3, -0.25) is 0 Å². The van der Waals surface area contributed by atoms with E-state index in [1.807, 2.05) is 0 Å². The van der Waals surface area contributed by atoms with Crippen LogP contribution in [-0.2, 0) is 10.0 Å². The topological polar surface area (TPSA) is 59.5 Å². The molecule has 1 saturated heterocycles. The molecule has 0 N–H and O–H groups in total. The molecule has 2 rings (SSSR count). The van der Waals surface area contributed by atoms with Gasteiger partial charge >= 0.3 is 6.18 Å². The molecule has 0 amide bonds. The average Bonchev–Trinajstić information content (AvgIpc) is 2.88. The number of halogens is 4. The summed E-state index contributed by atoms with van der Waals surface area (Å²) in [5.74, 6) is -0.599. The van der Waals surface area contributed by atoms with Crippen molar-refractivity contribution in [2.75, 3.05) is 18.8 Å². The summed E-state index contributed by atoms with van der Waals surface area (Å²) in [6.07, 6.45) is -4.31. The zero-order valence-corrected chi connectivity index (χ0v) is 13.8. The molecule has 0 spiro atoms. The summed E-state index contributed by atoms with van der Waals surface area (Å²) in [6.45, 7) is 0.179. The van der Waals surface area contributed by atoms with Gasteiger partial charge in [0.25, 0.3) is 0 Å². The van der Waals surface area contributed by atoms with Crippen molar-refractivity contribution < 1.29 is 26.3 Å².